The van der Waals surface area contributed by atoms with Crippen molar-refractivity contribution in [3.05, 3.63) is 25.6 Å². The zero-order valence-electron chi connectivity index (χ0n) is 9.04. The molecule has 69 valence electrons. The van der Waals surface area contributed by atoms with Crippen molar-refractivity contribution < 1.29 is 65.4 Å². The molecule has 0 atom stereocenters. The summed E-state index contributed by atoms with van der Waals surface area (Å²) in [5, 5.41) is 7.62. The fourth-order valence-corrected chi connectivity index (χ4v) is 0.482. The van der Waals surface area contributed by atoms with Crippen LogP contribution in [0.4, 0.5) is 0 Å². The van der Waals surface area contributed by atoms with Gasteiger partial charge in [0.2, 0.25) is 0 Å². The summed E-state index contributed by atoms with van der Waals surface area (Å²) in [4.78, 5) is 0. The zero-order chi connectivity index (χ0) is 7.82. The topological polar surface area (TPSA) is 24.7 Å². The van der Waals surface area contributed by atoms with E-state index in [1.807, 2.05) is 20.8 Å². The van der Waals surface area contributed by atoms with Gasteiger partial charge in [-0.3, -0.25) is 12.1 Å². The van der Waals surface area contributed by atoms with Crippen LogP contribution in [0.1, 0.15) is 27.2 Å². The predicted molar refractivity (Wildman–Crippen MR) is 48.8 cm³/mol. The fraction of sp³-hybridized carbons (Fsp3) is 0.556. The van der Waals surface area contributed by atoms with E-state index >= 15 is 0 Å². The minimum Gasteiger partial charge on any atom is -0.501 e. The van der Waals surface area contributed by atoms with Crippen molar-refractivity contribution >= 4 is 0 Å². The second-order valence-corrected chi connectivity index (χ2v) is 2.02. The maximum Gasteiger partial charge on any atom is 3.00 e. The summed E-state index contributed by atoms with van der Waals surface area (Å²) in [5.74, 6) is 0. The van der Waals surface area contributed by atoms with Gasteiger partial charge < -0.3 is 18.6 Å². The van der Waals surface area contributed by atoms with E-state index in [2.05, 4.69) is 16.3 Å². The summed E-state index contributed by atoms with van der Waals surface area (Å²) in [7, 11) is 0. The molecule has 0 aromatic rings. The second kappa shape index (κ2) is 19.1. The van der Waals surface area contributed by atoms with Gasteiger partial charge in [0, 0.05) is 32.7 Å². The second-order valence-electron chi connectivity index (χ2n) is 2.02. The fourth-order valence-electron chi connectivity index (χ4n) is 0.482. The normalized spacial score (nSPS) is 9.62. The van der Waals surface area contributed by atoms with Crippen molar-refractivity contribution in [1.82, 2.24) is 0 Å². The zero-order valence-corrected chi connectivity index (χ0v) is 14.7. The van der Waals surface area contributed by atoms with E-state index in [-0.39, 0.29) is 72.8 Å². The van der Waals surface area contributed by atoms with E-state index in [9.17, 15) is 0 Å². The van der Waals surface area contributed by atoms with Gasteiger partial charge in [-0.05, 0) is 6.42 Å². The first-order valence-electron chi connectivity index (χ1n) is 3.46. The predicted octanol–water partition coefficient (Wildman–Crippen LogP) is 3.23. The molecule has 0 spiro atoms. The van der Waals surface area contributed by atoms with Crippen LogP contribution >= 0.6 is 0 Å². The van der Waals surface area contributed by atoms with Gasteiger partial charge in [-0.1, -0.05) is 6.92 Å². The molecule has 0 fully saturated rings. The summed E-state index contributed by atoms with van der Waals surface area (Å²) in [6.07, 6.45) is 4.01. The minimum absolute atomic E-state index is 0. The van der Waals surface area contributed by atoms with Gasteiger partial charge in [-0.2, -0.15) is 13.8 Å². The van der Waals surface area contributed by atoms with E-state index in [1.165, 1.54) is 5.57 Å². The molecule has 13 heavy (non-hydrogen) atoms. The van der Waals surface area contributed by atoms with Crippen molar-refractivity contribution in [2.75, 3.05) is 6.54 Å². The van der Waals surface area contributed by atoms with E-state index in [0.717, 1.165) is 13.0 Å². The van der Waals surface area contributed by atoms with Crippen LogP contribution in [0, 0.1) is 20.0 Å². The van der Waals surface area contributed by atoms with E-state index < -0.39 is 0 Å². The molecule has 0 aliphatic heterocycles. The number of allylic oxidation sites excluding steroid dienone is 1. The van der Waals surface area contributed by atoms with Crippen LogP contribution in [0.3, 0.4) is 0 Å². The van der Waals surface area contributed by atoms with Crippen molar-refractivity contribution in [2.45, 2.75) is 27.2 Å². The molecule has 0 heterocycles. The largest absolute Gasteiger partial charge is 3.00 e. The SMILES string of the molecule is C[C-]=C(C)CCN=N[CH-]C.[CH3-].[Y+3].[Y]. The van der Waals surface area contributed by atoms with Gasteiger partial charge in [0.25, 0.3) is 0 Å². The monoisotopic (exact) mass is 331 g/mol. The molecule has 1 radical (unpaired) electrons. The Morgan fingerprint density at radius 1 is 1.46 bits per heavy atom. The van der Waals surface area contributed by atoms with Crippen LogP contribution in [0.2, 0.25) is 0 Å². The van der Waals surface area contributed by atoms with Crippen LogP contribution in [-0.4, -0.2) is 6.54 Å². The van der Waals surface area contributed by atoms with Crippen LogP contribution < -0.4 is 0 Å². The van der Waals surface area contributed by atoms with Gasteiger partial charge in [-0.15, -0.1) is 0 Å². The average Bonchev–Trinajstić information content (AvgIpc) is 1.98. The van der Waals surface area contributed by atoms with Crippen LogP contribution in [0.25, 0.3) is 0 Å². The van der Waals surface area contributed by atoms with Crippen LogP contribution in [-0.2, 0) is 65.4 Å². The molecule has 0 aliphatic carbocycles. The molecule has 0 unspecified atom stereocenters. The molecular formula is C9H17N2Y2. The summed E-state index contributed by atoms with van der Waals surface area (Å²) >= 11 is 0. The molecule has 0 bridgehead atoms. The van der Waals surface area contributed by atoms with Gasteiger partial charge >= 0.3 is 32.7 Å². The van der Waals surface area contributed by atoms with Crippen LogP contribution in [0.5, 0.6) is 0 Å². The quantitative estimate of drug-likeness (QED) is 0.558. The number of hydrogen-bond donors (Lipinski definition) is 0. The van der Waals surface area contributed by atoms with E-state index in [4.69, 9.17) is 0 Å². The van der Waals surface area contributed by atoms with E-state index in [1.54, 1.807) is 6.54 Å². The Kier molecular flexibility index (Phi) is 35.1. The number of azo groups is 1. The Hall–Kier alpha value is 1.42. The molecule has 0 N–H and O–H groups in total. The van der Waals surface area contributed by atoms with Gasteiger partial charge in [0.05, 0.1) is 6.54 Å². The first-order valence-corrected chi connectivity index (χ1v) is 3.46. The molecule has 0 amide bonds. The molecule has 0 aromatic heterocycles. The van der Waals surface area contributed by atoms with Crippen molar-refractivity contribution in [3.63, 3.8) is 0 Å². The molecule has 0 rings (SSSR count). The van der Waals surface area contributed by atoms with Gasteiger partial charge in [0.1, 0.15) is 0 Å². The van der Waals surface area contributed by atoms with Crippen LogP contribution in [0.15, 0.2) is 15.8 Å². The summed E-state index contributed by atoms with van der Waals surface area (Å²) in [6, 6.07) is 0. The number of hydrogen-bond acceptors (Lipinski definition) is 2. The maximum absolute atomic E-state index is 3.89. The molecule has 0 saturated carbocycles. The first-order chi connectivity index (χ1) is 4.81. The molecule has 0 saturated heterocycles. The maximum atomic E-state index is 3.89. The van der Waals surface area contributed by atoms with Crippen molar-refractivity contribution in [3.8, 4) is 0 Å². The third-order valence-corrected chi connectivity index (χ3v) is 1.21. The third-order valence-electron chi connectivity index (χ3n) is 1.21. The molecule has 2 nitrogen and oxygen atoms in total. The smallest absolute Gasteiger partial charge is 0.501 e. The Morgan fingerprint density at radius 2 is 2.00 bits per heavy atom. The summed E-state index contributed by atoms with van der Waals surface area (Å²) < 4.78 is 0. The molecule has 0 aromatic carbocycles. The van der Waals surface area contributed by atoms with Gasteiger partial charge in [-0.25, -0.2) is 5.11 Å². The Balaban J connectivity index is -0.000000135. The Morgan fingerprint density at radius 3 is 2.38 bits per heavy atom. The Bertz CT molecular complexity index is 134. The van der Waals surface area contributed by atoms with E-state index in [0.29, 0.717) is 0 Å². The number of nitrogens with zero attached hydrogens (tertiary/aromatic N) is 2. The standard InChI is InChI=1S/C8H14N2.CH3.2Y/c1-4-8(3)6-7-10-9-5-2;;;/h5H,6-7H2,1-3H3;1H3;;/q-2;-1;;+3. The van der Waals surface area contributed by atoms with Crippen molar-refractivity contribution in [1.29, 1.82) is 0 Å². The van der Waals surface area contributed by atoms with Crippen molar-refractivity contribution in [2.24, 2.45) is 10.2 Å². The third kappa shape index (κ3) is 19.7. The van der Waals surface area contributed by atoms with Gasteiger partial charge in [0.15, 0.2) is 0 Å². The molecule has 4 heteroatoms. The molecular weight excluding hydrogens is 314 g/mol. The molecule has 0 aliphatic rings. The first kappa shape index (κ1) is 23.9. The Labute approximate surface area is 133 Å². The minimum atomic E-state index is 0. The summed E-state index contributed by atoms with van der Waals surface area (Å²) in [5.41, 5.74) is 1.25. The summed E-state index contributed by atoms with van der Waals surface area (Å²) in [6.45, 7) is 8.29. The number of rotatable bonds is 4. The average molecular weight is 331 g/mol.